The first-order valence-corrected chi connectivity index (χ1v) is 11.7. The highest BCUT2D eigenvalue weighted by Gasteiger charge is 2.25. The molecule has 5 nitrogen and oxygen atoms in total. The van der Waals surface area contributed by atoms with Gasteiger partial charge in [-0.3, -0.25) is 9.59 Å². The van der Waals surface area contributed by atoms with Gasteiger partial charge < -0.3 is 15.6 Å². The number of H-pyrrole nitrogens is 1. The van der Waals surface area contributed by atoms with Gasteiger partial charge in [0.2, 0.25) is 0 Å². The maximum absolute atomic E-state index is 12.8. The van der Waals surface area contributed by atoms with Crippen molar-refractivity contribution < 1.29 is 4.79 Å². The summed E-state index contributed by atoms with van der Waals surface area (Å²) >= 11 is 0. The molecule has 2 aromatic rings. The molecule has 1 aromatic carbocycles. The lowest BCUT2D eigenvalue weighted by molar-refractivity contribution is 0.0936. The van der Waals surface area contributed by atoms with Crippen LogP contribution in [0.1, 0.15) is 98.1 Å². The van der Waals surface area contributed by atoms with Gasteiger partial charge in [-0.2, -0.15) is 0 Å². The van der Waals surface area contributed by atoms with E-state index in [-0.39, 0.29) is 34.5 Å². The number of carbonyl (C=O) groups is 1. The van der Waals surface area contributed by atoms with Crippen molar-refractivity contribution in [3.63, 3.8) is 0 Å². The second-order valence-electron chi connectivity index (χ2n) is 10.2. The molecule has 5 heteroatoms. The second kappa shape index (κ2) is 8.99. The number of aromatic nitrogens is 1. The molecule has 0 spiro atoms. The number of hydrogen-bond donors (Lipinski definition) is 3. The average Bonchev–Trinajstić information content (AvgIpc) is 3.24. The fourth-order valence-electron chi connectivity index (χ4n) is 4.82. The van der Waals surface area contributed by atoms with E-state index < -0.39 is 0 Å². The van der Waals surface area contributed by atoms with E-state index in [0.29, 0.717) is 0 Å². The van der Waals surface area contributed by atoms with E-state index >= 15 is 0 Å². The van der Waals surface area contributed by atoms with Crippen LogP contribution in [0.2, 0.25) is 0 Å². The Kier molecular flexibility index (Phi) is 6.33. The van der Waals surface area contributed by atoms with E-state index in [9.17, 15) is 9.59 Å². The number of nitrogens with one attached hydrogen (secondary N) is 3. The molecular formula is C26H35N3O2. The molecule has 0 aliphatic heterocycles. The standard InChI is InChI=1S/C26H35N3O2/c1-26(2,3)18-13-11-17(12-14-18)16-27-22-9-6-10-23-20(22)15-21(25(31)29-23)24(30)28-19-7-4-5-8-19/h11-15,19,22,27H,4-10,16H2,1-3H3,(H,28,30)(H,29,31). The van der Waals surface area contributed by atoms with Gasteiger partial charge in [-0.05, 0) is 60.3 Å². The second-order valence-corrected chi connectivity index (χ2v) is 10.2. The van der Waals surface area contributed by atoms with E-state index in [1.54, 1.807) is 0 Å². The number of rotatable bonds is 5. The number of carbonyl (C=O) groups excluding carboxylic acids is 1. The normalized spacial score (nSPS) is 19.3. The molecule has 1 atom stereocenters. The van der Waals surface area contributed by atoms with Crippen LogP contribution in [0.3, 0.4) is 0 Å². The lowest BCUT2D eigenvalue weighted by Crippen LogP contribution is -2.37. The molecule has 166 valence electrons. The third-order valence-corrected chi connectivity index (χ3v) is 6.76. The van der Waals surface area contributed by atoms with Crippen LogP contribution in [0, 0.1) is 0 Å². The lowest BCUT2D eigenvalue weighted by atomic mass is 9.86. The van der Waals surface area contributed by atoms with Crippen molar-refractivity contribution in [3.05, 3.63) is 68.6 Å². The first kappa shape index (κ1) is 21.8. The van der Waals surface area contributed by atoms with Gasteiger partial charge >= 0.3 is 0 Å². The third kappa shape index (κ3) is 5.09. The highest BCUT2D eigenvalue weighted by molar-refractivity contribution is 5.94. The lowest BCUT2D eigenvalue weighted by Gasteiger charge is -2.27. The molecule has 1 fully saturated rings. The van der Waals surface area contributed by atoms with Crippen molar-refractivity contribution in [2.45, 2.75) is 89.8 Å². The number of hydrogen-bond acceptors (Lipinski definition) is 3. The van der Waals surface area contributed by atoms with Crippen LogP contribution >= 0.6 is 0 Å². The highest BCUT2D eigenvalue weighted by Crippen LogP contribution is 2.29. The van der Waals surface area contributed by atoms with Crippen LogP contribution in [0.4, 0.5) is 0 Å². The zero-order chi connectivity index (χ0) is 22.0. The largest absolute Gasteiger partial charge is 0.349 e. The molecule has 1 unspecified atom stereocenters. The molecule has 4 rings (SSSR count). The molecule has 0 radical (unpaired) electrons. The van der Waals surface area contributed by atoms with Crippen molar-refractivity contribution in [2.24, 2.45) is 0 Å². The zero-order valence-electron chi connectivity index (χ0n) is 19.0. The van der Waals surface area contributed by atoms with E-state index in [2.05, 4.69) is 60.7 Å². The van der Waals surface area contributed by atoms with E-state index in [1.165, 1.54) is 11.1 Å². The molecule has 1 saturated carbocycles. The van der Waals surface area contributed by atoms with Gasteiger partial charge in [0.1, 0.15) is 5.56 Å². The summed E-state index contributed by atoms with van der Waals surface area (Å²) in [5, 5.41) is 6.71. The monoisotopic (exact) mass is 421 g/mol. The Balaban J connectivity index is 1.48. The average molecular weight is 422 g/mol. The molecule has 1 amide bonds. The maximum atomic E-state index is 12.8. The predicted molar refractivity (Wildman–Crippen MR) is 124 cm³/mol. The number of aromatic amines is 1. The van der Waals surface area contributed by atoms with E-state index in [1.807, 2.05) is 6.07 Å². The zero-order valence-corrected chi connectivity index (χ0v) is 19.0. The number of pyridine rings is 1. The Morgan fingerprint density at radius 2 is 1.77 bits per heavy atom. The summed E-state index contributed by atoms with van der Waals surface area (Å²) in [5.41, 5.74) is 4.72. The van der Waals surface area contributed by atoms with Crippen molar-refractivity contribution in [3.8, 4) is 0 Å². The van der Waals surface area contributed by atoms with Crippen molar-refractivity contribution in [1.29, 1.82) is 0 Å². The first-order valence-electron chi connectivity index (χ1n) is 11.7. The molecular weight excluding hydrogens is 386 g/mol. The van der Waals surface area contributed by atoms with Gasteiger partial charge in [0.05, 0.1) is 0 Å². The van der Waals surface area contributed by atoms with Crippen LogP contribution in [0.5, 0.6) is 0 Å². The van der Waals surface area contributed by atoms with E-state index in [0.717, 1.165) is 62.7 Å². The minimum atomic E-state index is -0.271. The summed E-state index contributed by atoms with van der Waals surface area (Å²) in [6.07, 6.45) is 7.19. The molecule has 2 aliphatic rings. The Bertz CT molecular complexity index is 979. The number of fused-ring (bicyclic) bond motifs is 1. The minimum absolute atomic E-state index is 0.140. The molecule has 0 saturated heterocycles. The quantitative estimate of drug-likeness (QED) is 0.665. The Morgan fingerprint density at radius 1 is 1.06 bits per heavy atom. The summed E-state index contributed by atoms with van der Waals surface area (Å²) < 4.78 is 0. The molecule has 1 aromatic heterocycles. The summed E-state index contributed by atoms with van der Waals surface area (Å²) in [7, 11) is 0. The predicted octanol–water partition coefficient (Wildman–Crippen LogP) is 4.51. The molecule has 31 heavy (non-hydrogen) atoms. The fraction of sp³-hybridized carbons (Fsp3) is 0.538. The fourth-order valence-corrected chi connectivity index (χ4v) is 4.82. The van der Waals surface area contributed by atoms with Gasteiger partial charge in [-0.1, -0.05) is 57.9 Å². The van der Waals surface area contributed by atoms with Crippen molar-refractivity contribution in [2.75, 3.05) is 0 Å². The van der Waals surface area contributed by atoms with Crippen LogP contribution in [0.15, 0.2) is 35.1 Å². The first-order chi connectivity index (χ1) is 14.8. The van der Waals surface area contributed by atoms with Gasteiger partial charge in [0, 0.05) is 24.3 Å². The van der Waals surface area contributed by atoms with Gasteiger partial charge in [-0.15, -0.1) is 0 Å². The minimum Gasteiger partial charge on any atom is -0.349 e. The number of amides is 1. The summed E-state index contributed by atoms with van der Waals surface area (Å²) in [6, 6.07) is 10.9. The van der Waals surface area contributed by atoms with Crippen molar-refractivity contribution >= 4 is 5.91 Å². The third-order valence-electron chi connectivity index (χ3n) is 6.76. The molecule has 0 bridgehead atoms. The highest BCUT2D eigenvalue weighted by atomic mass is 16.2. The maximum Gasteiger partial charge on any atom is 0.261 e. The number of benzene rings is 1. The molecule has 1 heterocycles. The van der Waals surface area contributed by atoms with Gasteiger partial charge in [0.15, 0.2) is 0 Å². The Hall–Kier alpha value is -2.40. The number of aryl methyl sites for hydroxylation is 1. The summed E-state index contributed by atoms with van der Waals surface area (Å²) in [4.78, 5) is 28.3. The Morgan fingerprint density at radius 3 is 2.45 bits per heavy atom. The van der Waals surface area contributed by atoms with Crippen molar-refractivity contribution in [1.82, 2.24) is 15.6 Å². The van der Waals surface area contributed by atoms with Gasteiger partial charge in [0.25, 0.3) is 11.5 Å². The molecule has 2 aliphatic carbocycles. The van der Waals surface area contributed by atoms with Gasteiger partial charge in [-0.25, -0.2) is 0 Å². The SMILES string of the molecule is CC(C)(C)c1ccc(CNC2CCCc3[nH]c(=O)c(C(=O)NC4CCCC4)cc32)cc1. The van der Waals surface area contributed by atoms with Crippen LogP contribution < -0.4 is 16.2 Å². The molecule has 3 N–H and O–H groups in total. The summed E-state index contributed by atoms with van der Waals surface area (Å²) in [5.74, 6) is -0.238. The van der Waals surface area contributed by atoms with E-state index in [4.69, 9.17) is 0 Å². The Labute approximate surface area is 185 Å². The van der Waals surface area contributed by atoms with Crippen LogP contribution in [0.25, 0.3) is 0 Å². The van der Waals surface area contributed by atoms with Crippen LogP contribution in [-0.2, 0) is 18.4 Å². The van der Waals surface area contributed by atoms with Crippen LogP contribution in [-0.4, -0.2) is 16.9 Å². The summed E-state index contributed by atoms with van der Waals surface area (Å²) in [6.45, 7) is 7.43. The smallest absolute Gasteiger partial charge is 0.261 e. The topological polar surface area (TPSA) is 74.0 Å².